The molecule has 0 radical (unpaired) electrons. The number of rotatable bonds is 37. The van der Waals surface area contributed by atoms with Gasteiger partial charge in [0.05, 0.1) is 13.2 Å². The molecule has 0 saturated heterocycles. The monoisotopic (exact) mass is 647 g/mol. The van der Waals surface area contributed by atoms with Crippen LogP contribution in [0.5, 0.6) is 0 Å². The van der Waals surface area contributed by atoms with Crippen molar-refractivity contribution in [3.63, 3.8) is 0 Å². The van der Waals surface area contributed by atoms with Crippen LogP contribution in [-0.4, -0.2) is 25.2 Å². The molecule has 0 aromatic heterocycles. The van der Waals surface area contributed by atoms with Crippen LogP contribution in [0.3, 0.4) is 0 Å². The highest BCUT2D eigenvalue weighted by Crippen LogP contribution is 2.12. The van der Waals surface area contributed by atoms with Gasteiger partial charge in [0, 0.05) is 12.8 Å². The largest absolute Gasteiger partial charge is 0.466 e. The van der Waals surface area contributed by atoms with Crippen LogP contribution in [-0.2, 0) is 19.1 Å². The van der Waals surface area contributed by atoms with E-state index in [0.29, 0.717) is 26.1 Å². The van der Waals surface area contributed by atoms with Crippen LogP contribution in [0.4, 0.5) is 0 Å². The van der Waals surface area contributed by atoms with Crippen LogP contribution in [0.2, 0.25) is 0 Å². The van der Waals surface area contributed by atoms with Crippen LogP contribution in [0.15, 0.2) is 24.3 Å². The Hall–Kier alpha value is -1.58. The summed E-state index contributed by atoms with van der Waals surface area (Å²) >= 11 is 0. The number of hydrogen-bond acceptors (Lipinski definition) is 4. The summed E-state index contributed by atoms with van der Waals surface area (Å²) in [4.78, 5) is 23.9. The van der Waals surface area contributed by atoms with Gasteiger partial charge in [-0.15, -0.1) is 0 Å². The maximum absolute atomic E-state index is 11.9. The zero-order valence-corrected chi connectivity index (χ0v) is 31.0. The summed E-state index contributed by atoms with van der Waals surface area (Å²) < 4.78 is 10.8. The highest BCUT2D eigenvalue weighted by molar-refractivity contribution is 5.69. The molecule has 4 nitrogen and oxygen atoms in total. The third-order valence-electron chi connectivity index (χ3n) is 8.85. The van der Waals surface area contributed by atoms with E-state index < -0.39 is 0 Å². The Labute approximate surface area is 287 Å². The minimum absolute atomic E-state index is 0.0535. The van der Waals surface area contributed by atoms with Gasteiger partial charge in [-0.1, -0.05) is 141 Å². The fourth-order valence-corrected chi connectivity index (χ4v) is 5.75. The van der Waals surface area contributed by atoms with E-state index in [-0.39, 0.29) is 11.9 Å². The number of carbonyl (C=O) groups excluding carboxylic acids is 2. The fraction of sp³-hybridized carbons (Fsp3) is 0.857. The summed E-state index contributed by atoms with van der Waals surface area (Å²) in [6.45, 7) is 5.57. The summed E-state index contributed by atoms with van der Waals surface area (Å²) in [6, 6.07) is 0. The maximum atomic E-state index is 11.9. The average molecular weight is 647 g/mol. The topological polar surface area (TPSA) is 52.6 Å². The van der Waals surface area contributed by atoms with E-state index in [1.165, 1.54) is 141 Å². The number of allylic oxidation sites excluding steroid dienone is 4. The van der Waals surface area contributed by atoms with Crippen molar-refractivity contribution >= 4 is 11.9 Å². The molecule has 0 aliphatic rings. The Morgan fingerprint density at radius 1 is 0.348 bits per heavy atom. The Bertz CT molecular complexity index is 625. The first-order valence-corrected chi connectivity index (χ1v) is 20.3. The third-order valence-corrected chi connectivity index (χ3v) is 8.85. The van der Waals surface area contributed by atoms with E-state index in [2.05, 4.69) is 38.2 Å². The van der Waals surface area contributed by atoms with Crippen molar-refractivity contribution in [2.75, 3.05) is 13.2 Å². The van der Waals surface area contributed by atoms with Crippen LogP contribution in [0.25, 0.3) is 0 Å². The van der Waals surface area contributed by atoms with Crippen molar-refractivity contribution < 1.29 is 19.1 Å². The normalized spacial score (nSPS) is 11.6. The predicted molar refractivity (Wildman–Crippen MR) is 199 cm³/mol. The van der Waals surface area contributed by atoms with Gasteiger partial charge in [0.25, 0.3) is 0 Å². The lowest BCUT2D eigenvalue weighted by Crippen LogP contribution is -2.07. The smallest absolute Gasteiger partial charge is 0.305 e. The highest BCUT2D eigenvalue weighted by atomic mass is 16.5. The van der Waals surface area contributed by atoms with E-state index in [1.807, 2.05) is 0 Å². The van der Waals surface area contributed by atoms with Gasteiger partial charge in [0.15, 0.2) is 0 Å². The minimum Gasteiger partial charge on any atom is -0.466 e. The number of carbonyl (C=O) groups is 2. The van der Waals surface area contributed by atoms with E-state index in [1.54, 1.807) is 0 Å². The van der Waals surface area contributed by atoms with Crippen LogP contribution in [0.1, 0.15) is 219 Å². The van der Waals surface area contributed by atoms with Crippen molar-refractivity contribution in [3.8, 4) is 0 Å². The van der Waals surface area contributed by atoms with E-state index in [0.717, 1.165) is 51.4 Å². The number of esters is 2. The molecule has 0 aliphatic carbocycles. The van der Waals surface area contributed by atoms with Gasteiger partial charge in [-0.05, 0) is 89.9 Å². The van der Waals surface area contributed by atoms with Gasteiger partial charge < -0.3 is 9.47 Å². The number of hydrogen-bond donors (Lipinski definition) is 0. The first-order chi connectivity index (χ1) is 22.7. The Balaban J connectivity index is 3.30. The molecule has 270 valence electrons. The second-order valence-corrected chi connectivity index (χ2v) is 13.5. The molecular formula is C42H78O4. The molecule has 0 aromatic carbocycles. The predicted octanol–water partition coefficient (Wildman–Crippen LogP) is 13.7. The molecule has 0 fully saturated rings. The van der Waals surface area contributed by atoms with E-state index in [9.17, 15) is 9.59 Å². The SMILES string of the molecule is CCCCCCCCC=CCCCCCCCC(=O)OCCCCCCOC(=O)CCCCCCCC=CCCCCCCCC. The van der Waals surface area contributed by atoms with Crippen LogP contribution < -0.4 is 0 Å². The maximum Gasteiger partial charge on any atom is 0.305 e. The van der Waals surface area contributed by atoms with Gasteiger partial charge in [-0.25, -0.2) is 0 Å². The van der Waals surface area contributed by atoms with Gasteiger partial charge in [-0.2, -0.15) is 0 Å². The summed E-state index contributed by atoms with van der Waals surface area (Å²) in [7, 11) is 0. The van der Waals surface area contributed by atoms with Gasteiger partial charge in [-0.3, -0.25) is 9.59 Å². The standard InChI is InChI=1S/C42H78O4/c1-3-5-7-9-11-13-15-17-19-21-23-25-27-29-33-37-41(43)45-39-35-31-32-36-40-46-42(44)38-34-30-28-26-24-22-20-18-16-14-12-10-8-6-4-2/h17-20H,3-16,21-40H2,1-2H3. The lowest BCUT2D eigenvalue weighted by atomic mass is 10.1. The van der Waals surface area contributed by atoms with Crippen molar-refractivity contribution in [1.29, 1.82) is 0 Å². The summed E-state index contributed by atoms with van der Waals surface area (Å²) in [6.07, 6.45) is 47.2. The molecule has 0 rings (SSSR count). The molecule has 0 bridgehead atoms. The van der Waals surface area contributed by atoms with Crippen molar-refractivity contribution in [3.05, 3.63) is 24.3 Å². The lowest BCUT2D eigenvalue weighted by Gasteiger charge is -2.06. The molecule has 0 spiro atoms. The lowest BCUT2D eigenvalue weighted by molar-refractivity contribution is -0.145. The fourth-order valence-electron chi connectivity index (χ4n) is 5.75. The molecule has 0 aromatic rings. The molecule has 4 heteroatoms. The van der Waals surface area contributed by atoms with E-state index in [4.69, 9.17) is 9.47 Å². The van der Waals surface area contributed by atoms with Crippen molar-refractivity contribution in [2.24, 2.45) is 0 Å². The molecule has 0 heterocycles. The Morgan fingerprint density at radius 3 is 0.935 bits per heavy atom. The van der Waals surface area contributed by atoms with Crippen LogP contribution >= 0.6 is 0 Å². The zero-order chi connectivity index (χ0) is 33.4. The highest BCUT2D eigenvalue weighted by Gasteiger charge is 2.04. The second-order valence-electron chi connectivity index (χ2n) is 13.5. The summed E-state index contributed by atoms with van der Waals surface area (Å²) in [5.41, 5.74) is 0. The minimum atomic E-state index is -0.0535. The van der Waals surface area contributed by atoms with Gasteiger partial charge >= 0.3 is 11.9 Å². The Morgan fingerprint density at radius 2 is 0.609 bits per heavy atom. The first-order valence-electron chi connectivity index (χ1n) is 20.3. The molecule has 46 heavy (non-hydrogen) atoms. The van der Waals surface area contributed by atoms with Gasteiger partial charge in [0.2, 0.25) is 0 Å². The quantitative estimate of drug-likeness (QED) is 0.0383. The Kier molecular flexibility index (Phi) is 38.2. The first kappa shape index (κ1) is 44.4. The third kappa shape index (κ3) is 38.6. The molecule has 0 N–H and O–H groups in total. The summed E-state index contributed by atoms with van der Waals surface area (Å²) in [5, 5.41) is 0. The van der Waals surface area contributed by atoms with Crippen molar-refractivity contribution in [1.82, 2.24) is 0 Å². The average Bonchev–Trinajstić information content (AvgIpc) is 3.05. The van der Waals surface area contributed by atoms with E-state index >= 15 is 0 Å². The molecular weight excluding hydrogens is 568 g/mol. The molecule has 0 aliphatic heterocycles. The van der Waals surface area contributed by atoms with Gasteiger partial charge in [0.1, 0.15) is 0 Å². The zero-order valence-electron chi connectivity index (χ0n) is 31.0. The number of unbranched alkanes of at least 4 members (excludes halogenated alkanes) is 25. The molecule has 0 saturated carbocycles. The number of ether oxygens (including phenoxy) is 2. The summed E-state index contributed by atoms with van der Waals surface area (Å²) in [5.74, 6) is -0.107. The van der Waals surface area contributed by atoms with Crippen molar-refractivity contribution in [2.45, 2.75) is 219 Å². The molecule has 0 atom stereocenters. The van der Waals surface area contributed by atoms with Crippen LogP contribution in [0, 0.1) is 0 Å². The molecule has 0 amide bonds. The molecule has 0 unspecified atom stereocenters. The second kappa shape index (κ2) is 39.6.